The summed E-state index contributed by atoms with van der Waals surface area (Å²) in [5, 5.41) is 6.81. The minimum absolute atomic E-state index is 0.212. The van der Waals surface area contributed by atoms with E-state index in [1.807, 2.05) is 13.0 Å². The molecule has 0 saturated heterocycles. The second kappa shape index (κ2) is 6.37. The molecule has 20 heavy (non-hydrogen) atoms. The Morgan fingerprint density at radius 1 is 1.20 bits per heavy atom. The van der Waals surface area contributed by atoms with Crippen LogP contribution in [0.3, 0.4) is 0 Å². The third-order valence-corrected chi connectivity index (χ3v) is 4.50. The summed E-state index contributed by atoms with van der Waals surface area (Å²) in [7, 11) is 1.72. The Kier molecular flexibility index (Phi) is 4.78. The number of thiazole rings is 1. The molecule has 1 heterocycles. The minimum Gasteiger partial charge on any atom is -0.496 e. The zero-order chi connectivity index (χ0) is 14.7. The first-order chi connectivity index (χ1) is 9.51. The van der Waals surface area contributed by atoms with Gasteiger partial charge in [-0.15, -0.1) is 11.3 Å². The maximum absolute atomic E-state index is 5.46. The van der Waals surface area contributed by atoms with Gasteiger partial charge in [-0.05, 0) is 33.8 Å². The summed E-state index contributed by atoms with van der Waals surface area (Å²) >= 11 is 1.70. The van der Waals surface area contributed by atoms with Crippen molar-refractivity contribution in [1.29, 1.82) is 0 Å². The predicted molar refractivity (Wildman–Crippen MR) is 84.5 cm³/mol. The zero-order valence-corrected chi connectivity index (χ0v) is 13.5. The summed E-state index contributed by atoms with van der Waals surface area (Å²) in [4.78, 5) is 4.54. The molecule has 0 aliphatic heterocycles. The first kappa shape index (κ1) is 15.0. The predicted octanol–water partition coefficient (Wildman–Crippen LogP) is 4.18. The molecule has 0 aliphatic rings. The first-order valence-electron chi connectivity index (χ1n) is 6.84. The van der Waals surface area contributed by atoms with E-state index >= 15 is 0 Å². The largest absolute Gasteiger partial charge is 0.496 e. The van der Waals surface area contributed by atoms with E-state index in [2.05, 4.69) is 48.6 Å². The summed E-state index contributed by atoms with van der Waals surface area (Å²) in [6.45, 7) is 8.44. The number of nitrogens with one attached hydrogen (secondary N) is 1. The van der Waals surface area contributed by atoms with Gasteiger partial charge in [0.1, 0.15) is 10.8 Å². The third kappa shape index (κ3) is 3.38. The maximum atomic E-state index is 5.46. The highest BCUT2D eigenvalue weighted by Gasteiger charge is 2.16. The van der Waals surface area contributed by atoms with Gasteiger partial charge in [-0.3, -0.25) is 0 Å². The number of hydrogen-bond acceptors (Lipinski definition) is 4. The molecule has 1 aromatic heterocycles. The molecule has 2 aromatic rings. The van der Waals surface area contributed by atoms with Crippen LogP contribution in [0.2, 0.25) is 0 Å². The number of hydrogen-bond donors (Lipinski definition) is 1. The van der Waals surface area contributed by atoms with Gasteiger partial charge in [0.05, 0.1) is 13.2 Å². The van der Waals surface area contributed by atoms with E-state index in [0.29, 0.717) is 0 Å². The fourth-order valence-corrected chi connectivity index (χ4v) is 3.11. The summed E-state index contributed by atoms with van der Waals surface area (Å²) < 4.78 is 5.46. The highest BCUT2D eigenvalue weighted by molar-refractivity contribution is 7.09. The Morgan fingerprint density at radius 3 is 2.55 bits per heavy atom. The van der Waals surface area contributed by atoms with Crippen LogP contribution in [0.25, 0.3) is 0 Å². The molecule has 0 radical (unpaired) electrons. The van der Waals surface area contributed by atoms with Crippen LogP contribution in [0.5, 0.6) is 5.75 Å². The van der Waals surface area contributed by atoms with Gasteiger partial charge in [-0.1, -0.05) is 17.7 Å². The van der Waals surface area contributed by atoms with Crippen LogP contribution in [0.4, 0.5) is 0 Å². The van der Waals surface area contributed by atoms with E-state index in [0.717, 1.165) is 16.5 Å². The lowest BCUT2D eigenvalue weighted by Crippen LogP contribution is -2.23. The number of methoxy groups -OCH3 is 1. The standard InChI is InChI=1S/C16H22N2OS/c1-10-6-7-15(19-5)14(8-10)12(3)18-13(4)16-17-11(2)9-20-16/h6-9,12-13,18H,1-5H3. The Hall–Kier alpha value is -1.39. The van der Waals surface area contributed by atoms with Crippen LogP contribution in [-0.2, 0) is 0 Å². The average Bonchev–Trinajstić information content (AvgIpc) is 2.85. The third-order valence-electron chi connectivity index (χ3n) is 3.36. The lowest BCUT2D eigenvalue weighted by atomic mass is 10.0. The Bertz CT molecular complexity index is 580. The lowest BCUT2D eigenvalue weighted by molar-refractivity contribution is 0.396. The van der Waals surface area contributed by atoms with Crippen LogP contribution in [0, 0.1) is 13.8 Å². The van der Waals surface area contributed by atoms with Gasteiger partial charge in [0, 0.05) is 22.7 Å². The van der Waals surface area contributed by atoms with Gasteiger partial charge in [0.15, 0.2) is 0 Å². The van der Waals surface area contributed by atoms with Crippen molar-refractivity contribution in [3.05, 3.63) is 45.4 Å². The molecule has 2 rings (SSSR count). The molecule has 2 atom stereocenters. The normalized spacial score (nSPS) is 14.1. The number of aromatic nitrogens is 1. The van der Waals surface area contributed by atoms with Crippen LogP contribution < -0.4 is 10.1 Å². The number of aryl methyl sites for hydroxylation is 2. The molecule has 0 bridgehead atoms. The van der Waals surface area contributed by atoms with Crippen molar-refractivity contribution in [3.63, 3.8) is 0 Å². The number of benzene rings is 1. The smallest absolute Gasteiger partial charge is 0.123 e. The van der Waals surface area contributed by atoms with Crippen molar-refractivity contribution in [2.24, 2.45) is 0 Å². The Balaban J connectivity index is 2.15. The lowest BCUT2D eigenvalue weighted by Gasteiger charge is -2.21. The molecule has 1 N–H and O–H groups in total. The quantitative estimate of drug-likeness (QED) is 0.897. The van der Waals surface area contributed by atoms with Gasteiger partial charge >= 0.3 is 0 Å². The molecule has 1 aromatic carbocycles. The van der Waals surface area contributed by atoms with Crippen LogP contribution in [0.1, 0.15) is 47.8 Å². The fourth-order valence-electron chi connectivity index (χ4n) is 2.30. The molecular weight excluding hydrogens is 268 g/mol. The van der Waals surface area contributed by atoms with Crippen LogP contribution in [-0.4, -0.2) is 12.1 Å². The van der Waals surface area contributed by atoms with Gasteiger partial charge in [0.25, 0.3) is 0 Å². The SMILES string of the molecule is COc1ccc(C)cc1C(C)NC(C)c1nc(C)cs1. The van der Waals surface area contributed by atoms with Gasteiger partial charge in [-0.25, -0.2) is 4.98 Å². The first-order valence-corrected chi connectivity index (χ1v) is 7.72. The van der Waals surface area contributed by atoms with E-state index in [1.165, 1.54) is 11.1 Å². The molecule has 3 nitrogen and oxygen atoms in total. The molecule has 2 unspecified atom stereocenters. The topological polar surface area (TPSA) is 34.1 Å². The number of rotatable bonds is 5. The summed E-state index contributed by atoms with van der Waals surface area (Å²) in [6, 6.07) is 6.72. The monoisotopic (exact) mass is 290 g/mol. The second-order valence-electron chi connectivity index (χ2n) is 5.18. The summed E-state index contributed by atoms with van der Waals surface area (Å²) in [6.07, 6.45) is 0. The van der Waals surface area contributed by atoms with Crippen molar-refractivity contribution in [2.75, 3.05) is 7.11 Å². The Morgan fingerprint density at radius 2 is 1.95 bits per heavy atom. The molecule has 0 spiro atoms. The van der Waals surface area contributed by atoms with E-state index in [4.69, 9.17) is 4.74 Å². The molecule has 0 fully saturated rings. The van der Waals surface area contributed by atoms with E-state index in [1.54, 1.807) is 18.4 Å². The number of ether oxygens (including phenoxy) is 1. The molecule has 0 saturated carbocycles. The minimum atomic E-state index is 0.212. The van der Waals surface area contributed by atoms with Crippen molar-refractivity contribution < 1.29 is 4.74 Å². The molecule has 4 heteroatoms. The van der Waals surface area contributed by atoms with Gasteiger partial charge in [-0.2, -0.15) is 0 Å². The number of nitrogens with zero attached hydrogens (tertiary/aromatic N) is 1. The van der Waals surface area contributed by atoms with E-state index in [-0.39, 0.29) is 12.1 Å². The van der Waals surface area contributed by atoms with E-state index < -0.39 is 0 Å². The van der Waals surface area contributed by atoms with Crippen molar-refractivity contribution >= 4 is 11.3 Å². The maximum Gasteiger partial charge on any atom is 0.123 e. The molecular formula is C16H22N2OS. The van der Waals surface area contributed by atoms with Crippen molar-refractivity contribution in [3.8, 4) is 5.75 Å². The van der Waals surface area contributed by atoms with Gasteiger partial charge < -0.3 is 10.1 Å². The van der Waals surface area contributed by atoms with Crippen molar-refractivity contribution in [1.82, 2.24) is 10.3 Å². The van der Waals surface area contributed by atoms with Crippen LogP contribution >= 0.6 is 11.3 Å². The summed E-state index contributed by atoms with van der Waals surface area (Å²) in [5.41, 5.74) is 3.51. The average molecular weight is 290 g/mol. The Labute approximate surface area is 125 Å². The molecule has 0 aliphatic carbocycles. The summed E-state index contributed by atoms with van der Waals surface area (Å²) in [5.74, 6) is 0.929. The molecule has 108 valence electrons. The van der Waals surface area contributed by atoms with Crippen LogP contribution in [0.15, 0.2) is 23.6 Å². The molecule has 0 amide bonds. The zero-order valence-electron chi connectivity index (χ0n) is 12.7. The fraction of sp³-hybridized carbons (Fsp3) is 0.438. The van der Waals surface area contributed by atoms with Crippen molar-refractivity contribution in [2.45, 2.75) is 39.8 Å². The highest BCUT2D eigenvalue weighted by Crippen LogP contribution is 2.28. The van der Waals surface area contributed by atoms with E-state index in [9.17, 15) is 0 Å². The highest BCUT2D eigenvalue weighted by atomic mass is 32.1. The second-order valence-corrected chi connectivity index (χ2v) is 6.07. The van der Waals surface area contributed by atoms with Gasteiger partial charge in [0.2, 0.25) is 0 Å².